The molecule has 0 aliphatic heterocycles. The number of nitrogen functional groups attached to an aromatic ring is 1. The number of halogens is 2. The molecule has 2 rings (SSSR count). The third-order valence-corrected chi connectivity index (χ3v) is 3.50. The summed E-state index contributed by atoms with van der Waals surface area (Å²) in [5.74, 6) is -0.384. The van der Waals surface area contributed by atoms with Gasteiger partial charge in [-0.05, 0) is 40.2 Å². The zero-order valence-electron chi connectivity index (χ0n) is 10.3. The zero-order valence-corrected chi connectivity index (χ0v) is 11.9. The Kier molecular flexibility index (Phi) is 3.85. The topological polar surface area (TPSA) is 53.1 Å². The smallest absolute Gasteiger partial charge is 0.146 e. The molecule has 0 radical (unpaired) electrons. The summed E-state index contributed by atoms with van der Waals surface area (Å²) in [5, 5.41) is 7.65. The molecule has 19 heavy (non-hydrogen) atoms. The Balaban J connectivity index is 2.57. The normalized spacial score (nSPS) is 10.3. The van der Waals surface area contributed by atoms with Crippen molar-refractivity contribution in [1.82, 2.24) is 0 Å². The molecule has 2 aromatic carbocycles. The molecule has 0 heterocycles. The predicted octanol–water partition coefficient (Wildman–Crippen LogP) is 3.64. The van der Waals surface area contributed by atoms with Crippen molar-refractivity contribution in [3.05, 3.63) is 58.3 Å². The number of rotatable bonds is 3. The number of benzene rings is 2. The summed E-state index contributed by atoms with van der Waals surface area (Å²) < 4.78 is 14.5. The van der Waals surface area contributed by atoms with Gasteiger partial charge in [0.2, 0.25) is 0 Å². The molecule has 3 N–H and O–H groups in total. The molecule has 2 aromatic rings. The SMILES string of the molecule is CN(c1ccccc1F)c1cccc(Br)c1C(=N)N. The summed E-state index contributed by atoms with van der Waals surface area (Å²) in [6, 6.07) is 11.9. The summed E-state index contributed by atoms with van der Waals surface area (Å²) in [6.45, 7) is 0. The molecule has 3 nitrogen and oxygen atoms in total. The van der Waals surface area contributed by atoms with Crippen LogP contribution in [0.3, 0.4) is 0 Å². The molecular weight excluding hydrogens is 309 g/mol. The minimum Gasteiger partial charge on any atom is -0.384 e. The molecule has 0 atom stereocenters. The lowest BCUT2D eigenvalue weighted by molar-refractivity contribution is 0.627. The molecule has 0 bridgehead atoms. The number of amidine groups is 1. The van der Waals surface area contributed by atoms with Crippen LogP contribution in [-0.4, -0.2) is 12.9 Å². The molecule has 0 amide bonds. The molecule has 0 aromatic heterocycles. The third-order valence-electron chi connectivity index (χ3n) is 2.84. The van der Waals surface area contributed by atoms with Crippen LogP contribution in [0.25, 0.3) is 0 Å². The standard InChI is InChI=1S/C14H13BrFN3/c1-19(11-7-3-2-6-10(11)16)12-8-4-5-9(15)13(12)14(17)18/h2-8H,1H3,(H3,17,18). The van der Waals surface area contributed by atoms with Gasteiger partial charge in [-0.2, -0.15) is 0 Å². The second-order valence-electron chi connectivity index (χ2n) is 4.06. The second-order valence-corrected chi connectivity index (χ2v) is 4.91. The van der Waals surface area contributed by atoms with Gasteiger partial charge in [-0.1, -0.05) is 18.2 Å². The van der Waals surface area contributed by atoms with Gasteiger partial charge in [-0.3, -0.25) is 5.41 Å². The summed E-state index contributed by atoms with van der Waals surface area (Å²) in [4.78, 5) is 1.68. The van der Waals surface area contributed by atoms with Gasteiger partial charge in [-0.25, -0.2) is 4.39 Å². The van der Waals surface area contributed by atoms with E-state index in [9.17, 15) is 4.39 Å². The lowest BCUT2D eigenvalue weighted by atomic mass is 10.1. The van der Waals surface area contributed by atoms with E-state index in [0.29, 0.717) is 21.4 Å². The third kappa shape index (κ3) is 2.61. The van der Waals surface area contributed by atoms with Crippen LogP contribution in [0.5, 0.6) is 0 Å². The van der Waals surface area contributed by atoms with Crippen LogP contribution in [0.15, 0.2) is 46.9 Å². The van der Waals surface area contributed by atoms with Crippen molar-refractivity contribution in [3.8, 4) is 0 Å². The van der Waals surface area contributed by atoms with E-state index in [4.69, 9.17) is 11.1 Å². The summed E-state index contributed by atoms with van der Waals surface area (Å²) in [5.41, 5.74) is 7.26. The fourth-order valence-corrected chi connectivity index (χ4v) is 2.48. The Bertz CT molecular complexity index is 628. The van der Waals surface area contributed by atoms with Crippen molar-refractivity contribution in [3.63, 3.8) is 0 Å². The Morgan fingerprint density at radius 1 is 1.16 bits per heavy atom. The molecule has 0 saturated carbocycles. The van der Waals surface area contributed by atoms with Crippen molar-refractivity contribution < 1.29 is 4.39 Å². The maximum Gasteiger partial charge on any atom is 0.146 e. The van der Waals surface area contributed by atoms with Crippen LogP contribution in [-0.2, 0) is 0 Å². The van der Waals surface area contributed by atoms with E-state index in [1.807, 2.05) is 6.07 Å². The number of nitrogens with one attached hydrogen (secondary N) is 1. The van der Waals surface area contributed by atoms with Gasteiger partial charge in [-0.15, -0.1) is 0 Å². The van der Waals surface area contributed by atoms with E-state index < -0.39 is 0 Å². The van der Waals surface area contributed by atoms with E-state index in [0.717, 1.165) is 0 Å². The van der Waals surface area contributed by atoms with Gasteiger partial charge >= 0.3 is 0 Å². The number of hydrogen-bond acceptors (Lipinski definition) is 2. The Labute approximate surface area is 119 Å². The summed E-state index contributed by atoms with van der Waals surface area (Å²) >= 11 is 3.37. The van der Waals surface area contributed by atoms with E-state index in [-0.39, 0.29) is 11.7 Å². The molecule has 0 aliphatic rings. The Hall–Kier alpha value is -1.88. The van der Waals surface area contributed by atoms with E-state index in [1.54, 1.807) is 42.3 Å². The monoisotopic (exact) mass is 321 g/mol. The predicted molar refractivity (Wildman–Crippen MR) is 79.6 cm³/mol. The van der Waals surface area contributed by atoms with Crippen LogP contribution in [0, 0.1) is 11.2 Å². The van der Waals surface area contributed by atoms with Crippen LogP contribution in [0.4, 0.5) is 15.8 Å². The van der Waals surface area contributed by atoms with Gasteiger partial charge in [0.15, 0.2) is 0 Å². The molecule has 0 fully saturated rings. The molecule has 0 spiro atoms. The first-order valence-corrected chi connectivity index (χ1v) is 6.43. The molecular formula is C14H13BrFN3. The minimum atomic E-state index is -0.320. The zero-order chi connectivity index (χ0) is 14.0. The van der Waals surface area contributed by atoms with Gasteiger partial charge in [0.1, 0.15) is 11.7 Å². The van der Waals surface area contributed by atoms with Crippen LogP contribution in [0.1, 0.15) is 5.56 Å². The largest absolute Gasteiger partial charge is 0.384 e. The molecule has 0 saturated heterocycles. The lowest BCUT2D eigenvalue weighted by Crippen LogP contribution is -2.19. The van der Waals surface area contributed by atoms with Crippen molar-refractivity contribution in [2.75, 3.05) is 11.9 Å². The van der Waals surface area contributed by atoms with E-state index in [2.05, 4.69) is 15.9 Å². The highest BCUT2D eigenvalue weighted by molar-refractivity contribution is 9.10. The highest BCUT2D eigenvalue weighted by Crippen LogP contribution is 2.32. The highest BCUT2D eigenvalue weighted by atomic mass is 79.9. The maximum absolute atomic E-state index is 13.8. The minimum absolute atomic E-state index is 0.0642. The molecule has 0 unspecified atom stereocenters. The number of hydrogen-bond donors (Lipinski definition) is 2. The van der Waals surface area contributed by atoms with Crippen LogP contribution >= 0.6 is 15.9 Å². The molecule has 5 heteroatoms. The van der Waals surface area contributed by atoms with Crippen molar-refractivity contribution in [1.29, 1.82) is 5.41 Å². The van der Waals surface area contributed by atoms with E-state index in [1.165, 1.54) is 6.07 Å². The van der Waals surface area contributed by atoms with Gasteiger partial charge in [0.05, 0.1) is 16.9 Å². The number of nitrogens with zero attached hydrogens (tertiary/aromatic N) is 1. The van der Waals surface area contributed by atoms with Gasteiger partial charge in [0, 0.05) is 11.5 Å². The fourth-order valence-electron chi connectivity index (χ4n) is 1.91. The molecule has 98 valence electrons. The van der Waals surface area contributed by atoms with E-state index >= 15 is 0 Å². The first kappa shape index (κ1) is 13.5. The number of para-hydroxylation sites is 1. The van der Waals surface area contributed by atoms with Crippen molar-refractivity contribution in [2.24, 2.45) is 5.73 Å². The second kappa shape index (κ2) is 5.40. The van der Waals surface area contributed by atoms with Crippen molar-refractivity contribution in [2.45, 2.75) is 0 Å². The van der Waals surface area contributed by atoms with Crippen LogP contribution < -0.4 is 10.6 Å². The highest BCUT2D eigenvalue weighted by Gasteiger charge is 2.16. The number of anilines is 2. The van der Waals surface area contributed by atoms with Crippen LogP contribution in [0.2, 0.25) is 0 Å². The van der Waals surface area contributed by atoms with Crippen molar-refractivity contribution >= 4 is 33.1 Å². The fraction of sp³-hybridized carbons (Fsp3) is 0.0714. The first-order chi connectivity index (χ1) is 9.02. The lowest BCUT2D eigenvalue weighted by Gasteiger charge is -2.23. The summed E-state index contributed by atoms with van der Waals surface area (Å²) in [7, 11) is 1.74. The number of nitrogens with two attached hydrogens (primary N) is 1. The maximum atomic E-state index is 13.8. The Morgan fingerprint density at radius 3 is 2.42 bits per heavy atom. The quantitative estimate of drug-likeness (QED) is 0.669. The first-order valence-electron chi connectivity index (χ1n) is 5.63. The average Bonchev–Trinajstić information content (AvgIpc) is 2.37. The van der Waals surface area contributed by atoms with Gasteiger partial charge < -0.3 is 10.6 Å². The Morgan fingerprint density at radius 2 is 1.79 bits per heavy atom. The average molecular weight is 322 g/mol. The molecule has 0 aliphatic carbocycles. The van der Waals surface area contributed by atoms with Gasteiger partial charge in [0.25, 0.3) is 0 Å². The summed E-state index contributed by atoms with van der Waals surface area (Å²) in [6.07, 6.45) is 0.